The molecule has 1 heterocycles. The Balaban J connectivity index is 2.08. The number of aliphatic hydroxyl groups excluding tert-OH is 1. The summed E-state index contributed by atoms with van der Waals surface area (Å²) in [5.74, 6) is 0.230. The first kappa shape index (κ1) is 21.8. The van der Waals surface area contributed by atoms with Gasteiger partial charge in [0, 0.05) is 10.6 Å². The van der Waals surface area contributed by atoms with Crippen LogP contribution in [0.2, 0.25) is 5.02 Å². The number of carbonyl (C=O) groups excluding carboxylic acids is 1. The maximum Gasteiger partial charge on any atom is 0.344 e. The lowest BCUT2D eigenvalue weighted by Gasteiger charge is -2.10. The van der Waals surface area contributed by atoms with Crippen LogP contribution >= 0.6 is 23.4 Å². The van der Waals surface area contributed by atoms with Crippen molar-refractivity contribution in [3.63, 3.8) is 0 Å². The predicted molar refractivity (Wildman–Crippen MR) is 120 cm³/mol. The van der Waals surface area contributed by atoms with Gasteiger partial charge in [-0.2, -0.15) is 0 Å². The first-order valence-corrected chi connectivity index (χ1v) is 10.2. The summed E-state index contributed by atoms with van der Waals surface area (Å²) in [6.07, 6.45) is 1.71. The van der Waals surface area contributed by atoms with Crippen LogP contribution in [0.4, 0.5) is 5.69 Å². The number of methoxy groups -OCH3 is 2. The van der Waals surface area contributed by atoms with Crippen LogP contribution in [0.3, 0.4) is 0 Å². The molecule has 1 N–H and O–H groups in total. The number of aliphatic hydroxyl groups is 1. The van der Waals surface area contributed by atoms with E-state index in [1.165, 1.54) is 7.11 Å². The number of halogens is 1. The molecule has 0 amide bonds. The number of aliphatic imine (C=N–C) groups is 1. The molecule has 0 aromatic heterocycles. The zero-order valence-electron chi connectivity index (χ0n) is 16.6. The van der Waals surface area contributed by atoms with Gasteiger partial charge in [0.15, 0.2) is 11.5 Å². The Morgan fingerprint density at radius 1 is 1.17 bits per heavy atom. The highest BCUT2D eigenvalue weighted by Crippen LogP contribution is 2.42. The molecule has 8 heteroatoms. The highest BCUT2D eigenvalue weighted by atomic mass is 35.5. The number of para-hydroxylation sites is 1. The Kier molecular flexibility index (Phi) is 7.07. The van der Waals surface area contributed by atoms with Gasteiger partial charge < -0.3 is 19.3 Å². The van der Waals surface area contributed by atoms with Crippen molar-refractivity contribution in [3.8, 4) is 11.5 Å². The van der Waals surface area contributed by atoms with Crippen molar-refractivity contribution in [1.82, 2.24) is 0 Å². The summed E-state index contributed by atoms with van der Waals surface area (Å²) < 4.78 is 15.9. The Morgan fingerprint density at radius 3 is 2.53 bits per heavy atom. The van der Waals surface area contributed by atoms with E-state index in [2.05, 4.69) is 4.99 Å². The second-order valence-corrected chi connectivity index (χ2v) is 7.50. The number of carbonyl (C=O) groups is 1. The predicted octanol–water partition coefficient (Wildman–Crippen LogP) is 5.55. The molecule has 0 saturated heterocycles. The smallest absolute Gasteiger partial charge is 0.344 e. The molecule has 0 aliphatic carbocycles. The summed E-state index contributed by atoms with van der Waals surface area (Å²) in [6.45, 7) is 1.88. The first-order chi connectivity index (χ1) is 14.5. The average molecular weight is 446 g/mol. The molecule has 2 aromatic rings. The van der Waals surface area contributed by atoms with E-state index in [1.54, 1.807) is 50.4 Å². The van der Waals surface area contributed by atoms with E-state index in [0.29, 0.717) is 37.7 Å². The zero-order valence-corrected chi connectivity index (χ0v) is 18.2. The van der Waals surface area contributed by atoms with Crippen molar-refractivity contribution < 1.29 is 24.1 Å². The van der Waals surface area contributed by atoms with Gasteiger partial charge in [0.1, 0.15) is 16.4 Å². The van der Waals surface area contributed by atoms with Gasteiger partial charge >= 0.3 is 5.97 Å². The Labute approximate surface area is 183 Å². The van der Waals surface area contributed by atoms with E-state index in [9.17, 15) is 9.90 Å². The van der Waals surface area contributed by atoms with Gasteiger partial charge in [-0.15, -0.1) is 0 Å². The summed E-state index contributed by atoms with van der Waals surface area (Å²) in [7, 11) is 3.08. The van der Waals surface area contributed by atoms with Gasteiger partial charge in [-0.3, -0.25) is 0 Å². The number of esters is 1. The maximum atomic E-state index is 12.5. The lowest BCUT2D eigenvalue weighted by Crippen LogP contribution is -2.12. The Bertz CT molecular complexity index is 1040. The monoisotopic (exact) mass is 445 g/mol. The molecule has 6 nitrogen and oxygen atoms in total. The fourth-order valence-corrected chi connectivity index (χ4v) is 3.94. The fourth-order valence-electron chi connectivity index (χ4n) is 2.79. The summed E-state index contributed by atoms with van der Waals surface area (Å²) in [5.41, 5.74) is 1.29. The molecular weight excluding hydrogens is 426 g/mol. The lowest BCUT2D eigenvalue weighted by atomic mass is 10.1. The molecule has 30 heavy (non-hydrogen) atoms. The van der Waals surface area contributed by atoms with Crippen LogP contribution < -0.4 is 9.47 Å². The second kappa shape index (κ2) is 9.73. The van der Waals surface area contributed by atoms with Gasteiger partial charge in [0.05, 0.1) is 31.4 Å². The van der Waals surface area contributed by atoms with E-state index >= 15 is 0 Å². The van der Waals surface area contributed by atoms with Gasteiger partial charge in [-0.05, 0) is 43.3 Å². The first-order valence-electron chi connectivity index (χ1n) is 9.04. The molecule has 0 atom stereocenters. The summed E-state index contributed by atoms with van der Waals surface area (Å²) >= 11 is 7.09. The maximum absolute atomic E-state index is 12.5. The minimum atomic E-state index is -0.642. The number of rotatable bonds is 6. The fraction of sp³-hybridized carbons (Fsp3) is 0.182. The lowest BCUT2D eigenvalue weighted by molar-refractivity contribution is -0.138. The van der Waals surface area contributed by atoms with E-state index in [-0.39, 0.29) is 17.9 Å². The van der Waals surface area contributed by atoms with Crippen molar-refractivity contribution >= 4 is 46.1 Å². The molecule has 1 aliphatic heterocycles. The summed E-state index contributed by atoms with van der Waals surface area (Å²) in [4.78, 5) is 17.5. The van der Waals surface area contributed by atoms with Crippen LogP contribution in [-0.4, -0.2) is 36.9 Å². The van der Waals surface area contributed by atoms with Crippen LogP contribution in [0, 0.1) is 0 Å². The van der Waals surface area contributed by atoms with Crippen molar-refractivity contribution in [2.24, 2.45) is 4.99 Å². The average Bonchev–Trinajstić information content (AvgIpc) is 3.04. The van der Waals surface area contributed by atoms with Crippen molar-refractivity contribution in [2.75, 3.05) is 20.8 Å². The third-order valence-corrected chi connectivity index (χ3v) is 5.42. The third-order valence-electron chi connectivity index (χ3n) is 4.15. The number of benzene rings is 2. The normalized spacial score (nSPS) is 16.3. The molecule has 3 rings (SSSR count). The van der Waals surface area contributed by atoms with E-state index in [0.717, 1.165) is 11.8 Å². The highest BCUT2D eigenvalue weighted by molar-refractivity contribution is 8.18. The van der Waals surface area contributed by atoms with Crippen LogP contribution in [0.25, 0.3) is 6.08 Å². The van der Waals surface area contributed by atoms with Crippen LogP contribution in [-0.2, 0) is 9.53 Å². The van der Waals surface area contributed by atoms with E-state index in [4.69, 9.17) is 25.8 Å². The number of hydrogen-bond acceptors (Lipinski definition) is 7. The van der Waals surface area contributed by atoms with E-state index < -0.39 is 5.97 Å². The molecule has 0 spiro atoms. The minimum Gasteiger partial charge on any atom is -0.506 e. The minimum absolute atomic E-state index is 0.0184. The Hall–Kier alpha value is -2.90. The van der Waals surface area contributed by atoms with E-state index in [1.807, 2.05) is 12.1 Å². The number of ether oxygens (including phenoxy) is 3. The summed E-state index contributed by atoms with van der Waals surface area (Å²) in [5, 5.41) is 11.7. The molecule has 0 radical (unpaired) electrons. The quantitative estimate of drug-likeness (QED) is 0.587. The highest BCUT2D eigenvalue weighted by Gasteiger charge is 2.33. The molecular formula is C22H20ClNO5S. The van der Waals surface area contributed by atoms with Gasteiger partial charge in [-0.1, -0.05) is 35.5 Å². The van der Waals surface area contributed by atoms with Crippen LogP contribution in [0.15, 0.2) is 63.7 Å². The van der Waals surface area contributed by atoms with Gasteiger partial charge in [0.25, 0.3) is 0 Å². The Morgan fingerprint density at radius 2 is 1.90 bits per heavy atom. The molecule has 0 saturated carbocycles. The molecule has 0 unspecified atom stereocenters. The molecule has 0 fully saturated rings. The molecule has 156 valence electrons. The largest absolute Gasteiger partial charge is 0.506 e. The van der Waals surface area contributed by atoms with Crippen LogP contribution in [0.5, 0.6) is 11.5 Å². The standard InChI is InChI=1S/C22H20ClNO5S/c1-4-29-22(26)18-19(25)17(12-13-6-5-7-16(27-2)20(13)28-3)30-21(18)24-15-10-8-14(23)9-11-15/h5-12,25H,4H2,1-3H3/b17-12+,24-21?. The van der Waals surface area contributed by atoms with Crippen molar-refractivity contribution in [1.29, 1.82) is 0 Å². The SMILES string of the molecule is CCOC(=O)C1=C(O)/C(=C\c2cccc(OC)c2OC)SC1=Nc1ccc(Cl)cc1. The second-order valence-electron chi connectivity index (χ2n) is 6.03. The topological polar surface area (TPSA) is 77.4 Å². The number of thioether (sulfide) groups is 1. The van der Waals surface area contributed by atoms with Crippen molar-refractivity contribution in [2.45, 2.75) is 6.92 Å². The third kappa shape index (κ3) is 4.63. The molecule has 2 aromatic carbocycles. The molecule has 1 aliphatic rings. The number of hydrogen-bond donors (Lipinski definition) is 1. The van der Waals surface area contributed by atoms with Gasteiger partial charge in [0.2, 0.25) is 0 Å². The van der Waals surface area contributed by atoms with Gasteiger partial charge in [-0.25, -0.2) is 9.79 Å². The zero-order chi connectivity index (χ0) is 21.7. The summed E-state index contributed by atoms with van der Waals surface area (Å²) in [6, 6.07) is 12.3. The van der Waals surface area contributed by atoms with Crippen LogP contribution in [0.1, 0.15) is 12.5 Å². The molecule has 0 bridgehead atoms. The number of nitrogens with zero attached hydrogens (tertiary/aromatic N) is 1. The van der Waals surface area contributed by atoms with Crippen molar-refractivity contribution in [3.05, 3.63) is 69.3 Å².